The molecule has 0 aromatic heterocycles. The SMILES string of the molecule is Cc1ccc(F)c(CN2CC(CO)OCC2C)c1. The van der Waals surface area contributed by atoms with E-state index in [0.717, 1.165) is 5.56 Å². The molecule has 1 aliphatic rings. The third kappa shape index (κ3) is 3.07. The number of ether oxygens (including phenoxy) is 1. The van der Waals surface area contributed by atoms with Gasteiger partial charge in [0.15, 0.2) is 0 Å². The Bertz CT molecular complexity index is 411. The molecule has 1 heterocycles. The molecule has 1 aromatic carbocycles. The molecule has 2 atom stereocenters. The second-order valence-electron chi connectivity index (χ2n) is 5.01. The molecule has 0 amide bonds. The van der Waals surface area contributed by atoms with Gasteiger partial charge in [0.1, 0.15) is 5.82 Å². The van der Waals surface area contributed by atoms with Gasteiger partial charge in [0, 0.05) is 24.7 Å². The van der Waals surface area contributed by atoms with Gasteiger partial charge in [-0.15, -0.1) is 0 Å². The highest BCUT2D eigenvalue weighted by Crippen LogP contribution is 2.18. The van der Waals surface area contributed by atoms with Crippen LogP contribution in [0.3, 0.4) is 0 Å². The molecular weight excluding hydrogens is 233 g/mol. The van der Waals surface area contributed by atoms with Gasteiger partial charge in [-0.05, 0) is 19.9 Å². The first-order chi connectivity index (χ1) is 8.60. The van der Waals surface area contributed by atoms with E-state index < -0.39 is 0 Å². The molecule has 4 heteroatoms. The van der Waals surface area contributed by atoms with Crippen LogP contribution in [0.2, 0.25) is 0 Å². The van der Waals surface area contributed by atoms with Gasteiger partial charge in [0.05, 0.1) is 19.3 Å². The molecule has 1 fully saturated rings. The second-order valence-corrected chi connectivity index (χ2v) is 5.01. The zero-order valence-corrected chi connectivity index (χ0v) is 10.9. The molecule has 1 aromatic rings. The van der Waals surface area contributed by atoms with E-state index in [0.29, 0.717) is 25.3 Å². The Labute approximate surface area is 107 Å². The molecular formula is C14H20FNO2. The van der Waals surface area contributed by atoms with Crippen LogP contribution in [0.15, 0.2) is 18.2 Å². The van der Waals surface area contributed by atoms with Gasteiger partial charge in [-0.2, -0.15) is 0 Å². The number of rotatable bonds is 3. The van der Waals surface area contributed by atoms with E-state index in [9.17, 15) is 4.39 Å². The van der Waals surface area contributed by atoms with Crippen LogP contribution < -0.4 is 0 Å². The lowest BCUT2D eigenvalue weighted by Crippen LogP contribution is -2.48. The number of hydrogen-bond donors (Lipinski definition) is 1. The lowest BCUT2D eigenvalue weighted by Gasteiger charge is -2.37. The summed E-state index contributed by atoms with van der Waals surface area (Å²) in [5.74, 6) is -0.167. The van der Waals surface area contributed by atoms with Gasteiger partial charge in [-0.25, -0.2) is 4.39 Å². The molecule has 2 unspecified atom stereocenters. The summed E-state index contributed by atoms with van der Waals surface area (Å²) in [4.78, 5) is 2.16. The monoisotopic (exact) mass is 253 g/mol. The first-order valence-corrected chi connectivity index (χ1v) is 6.31. The predicted octanol–water partition coefficient (Wildman–Crippen LogP) is 1.72. The number of halogens is 1. The van der Waals surface area contributed by atoms with Gasteiger partial charge in [-0.1, -0.05) is 17.7 Å². The van der Waals surface area contributed by atoms with Gasteiger partial charge in [0.25, 0.3) is 0 Å². The van der Waals surface area contributed by atoms with Crippen molar-refractivity contribution in [2.75, 3.05) is 19.8 Å². The molecule has 0 spiro atoms. The van der Waals surface area contributed by atoms with Crippen molar-refractivity contribution in [3.05, 3.63) is 35.1 Å². The van der Waals surface area contributed by atoms with Crippen LogP contribution in [0.5, 0.6) is 0 Å². The first kappa shape index (κ1) is 13.5. The molecule has 0 aliphatic carbocycles. The summed E-state index contributed by atoms with van der Waals surface area (Å²) in [6.45, 7) is 5.82. The topological polar surface area (TPSA) is 32.7 Å². The van der Waals surface area contributed by atoms with Gasteiger partial charge in [-0.3, -0.25) is 4.90 Å². The van der Waals surface area contributed by atoms with Crippen molar-refractivity contribution >= 4 is 0 Å². The average Bonchev–Trinajstić information content (AvgIpc) is 2.36. The highest BCUT2D eigenvalue weighted by Gasteiger charge is 2.26. The second kappa shape index (κ2) is 5.78. The van der Waals surface area contributed by atoms with E-state index in [-0.39, 0.29) is 24.6 Å². The summed E-state index contributed by atoms with van der Waals surface area (Å²) in [5, 5.41) is 9.13. The third-order valence-electron chi connectivity index (χ3n) is 3.41. The molecule has 18 heavy (non-hydrogen) atoms. The zero-order valence-electron chi connectivity index (χ0n) is 10.9. The maximum absolute atomic E-state index is 13.7. The van der Waals surface area contributed by atoms with Crippen molar-refractivity contribution in [2.45, 2.75) is 32.5 Å². The minimum absolute atomic E-state index is 0.0134. The Balaban J connectivity index is 2.09. The zero-order chi connectivity index (χ0) is 13.1. The average molecular weight is 253 g/mol. The molecule has 2 rings (SSSR count). The molecule has 1 aliphatic heterocycles. The number of aryl methyl sites for hydroxylation is 1. The standard InChI is InChI=1S/C14H20FNO2/c1-10-3-4-14(15)12(5-10)6-16-7-13(8-17)18-9-11(16)2/h3-5,11,13,17H,6-9H2,1-2H3. The van der Waals surface area contributed by atoms with Crippen LogP contribution in [-0.2, 0) is 11.3 Å². The minimum atomic E-state index is -0.167. The number of hydrogen-bond acceptors (Lipinski definition) is 3. The van der Waals surface area contributed by atoms with Gasteiger partial charge >= 0.3 is 0 Å². The molecule has 3 nitrogen and oxygen atoms in total. The molecule has 0 bridgehead atoms. The van der Waals surface area contributed by atoms with Crippen LogP contribution in [0.4, 0.5) is 4.39 Å². The van der Waals surface area contributed by atoms with Crippen LogP contribution in [0.25, 0.3) is 0 Å². The lowest BCUT2D eigenvalue weighted by molar-refractivity contribution is -0.0807. The number of aliphatic hydroxyl groups is 1. The molecule has 100 valence electrons. The van der Waals surface area contributed by atoms with Crippen LogP contribution >= 0.6 is 0 Å². The van der Waals surface area contributed by atoms with Crippen molar-refractivity contribution in [3.8, 4) is 0 Å². The normalized spacial score (nSPS) is 25.3. The quantitative estimate of drug-likeness (QED) is 0.890. The number of benzene rings is 1. The van der Waals surface area contributed by atoms with Crippen LogP contribution in [0.1, 0.15) is 18.1 Å². The molecule has 0 saturated carbocycles. The minimum Gasteiger partial charge on any atom is -0.394 e. The van der Waals surface area contributed by atoms with Crippen molar-refractivity contribution < 1.29 is 14.2 Å². The van der Waals surface area contributed by atoms with E-state index in [1.165, 1.54) is 6.07 Å². The fourth-order valence-electron chi connectivity index (χ4n) is 2.25. The Hall–Kier alpha value is -0.970. The number of morpholine rings is 1. The molecule has 1 saturated heterocycles. The van der Waals surface area contributed by atoms with E-state index >= 15 is 0 Å². The van der Waals surface area contributed by atoms with Gasteiger partial charge < -0.3 is 9.84 Å². The fraction of sp³-hybridized carbons (Fsp3) is 0.571. The van der Waals surface area contributed by atoms with E-state index in [1.807, 2.05) is 13.0 Å². The third-order valence-corrected chi connectivity index (χ3v) is 3.41. The smallest absolute Gasteiger partial charge is 0.127 e. The van der Waals surface area contributed by atoms with Crippen molar-refractivity contribution in [1.82, 2.24) is 4.90 Å². The summed E-state index contributed by atoms with van der Waals surface area (Å²) in [7, 11) is 0. The van der Waals surface area contributed by atoms with E-state index in [1.54, 1.807) is 6.07 Å². The Kier molecular flexibility index (Phi) is 4.32. The number of nitrogens with zero attached hydrogens (tertiary/aromatic N) is 1. The van der Waals surface area contributed by atoms with E-state index in [2.05, 4.69) is 11.8 Å². The maximum Gasteiger partial charge on any atom is 0.127 e. The lowest BCUT2D eigenvalue weighted by atomic mass is 10.1. The van der Waals surface area contributed by atoms with Crippen molar-refractivity contribution in [3.63, 3.8) is 0 Å². The van der Waals surface area contributed by atoms with E-state index in [4.69, 9.17) is 9.84 Å². The highest BCUT2D eigenvalue weighted by molar-refractivity contribution is 5.24. The predicted molar refractivity (Wildman–Crippen MR) is 67.8 cm³/mol. The summed E-state index contributed by atoms with van der Waals surface area (Å²) >= 11 is 0. The Morgan fingerprint density at radius 3 is 3.00 bits per heavy atom. The Morgan fingerprint density at radius 1 is 1.50 bits per heavy atom. The first-order valence-electron chi connectivity index (χ1n) is 6.31. The summed E-state index contributed by atoms with van der Waals surface area (Å²) in [5.41, 5.74) is 1.77. The maximum atomic E-state index is 13.7. The summed E-state index contributed by atoms with van der Waals surface area (Å²) in [6.07, 6.45) is -0.158. The van der Waals surface area contributed by atoms with Crippen molar-refractivity contribution in [1.29, 1.82) is 0 Å². The highest BCUT2D eigenvalue weighted by atomic mass is 19.1. The fourth-order valence-corrected chi connectivity index (χ4v) is 2.25. The summed E-state index contributed by atoms with van der Waals surface area (Å²) < 4.78 is 19.2. The van der Waals surface area contributed by atoms with Gasteiger partial charge in [0.2, 0.25) is 0 Å². The largest absolute Gasteiger partial charge is 0.394 e. The molecule has 1 N–H and O–H groups in total. The summed E-state index contributed by atoms with van der Waals surface area (Å²) in [6, 6.07) is 5.41. The van der Waals surface area contributed by atoms with Crippen LogP contribution in [0, 0.1) is 12.7 Å². The van der Waals surface area contributed by atoms with Crippen LogP contribution in [-0.4, -0.2) is 41.9 Å². The Morgan fingerprint density at radius 2 is 2.28 bits per heavy atom. The van der Waals surface area contributed by atoms with Crippen molar-refractivity contribution in [2.24, 2.45) is 0 Å². The number of aliphatic hydroxyl groups excluding tert-OH is 1. The molecule has 0 radical (unpaired) electrons.